The number of benzene rings is 1. The molecule has 0 aliphatic carbocycles. The van der Waals surface area contributed by atoms with E-state index in [1.54, 1.807) is 24.3 Å². The van der Waals surface area contributed by atoms with E-state index in [0.717, 1.165) is 0 Å². The topological polar surface area (TPSA) is 54.0 Å². The molecule has 0 bridgehead atoms. The molecule has 0 aliphatic heterocycles. The number of hydrogen-bond donors (Lipinski definition) is 2. The average molecular weight is 345 g/mol. The summed E-state index contributed by atoms with van der Waals surface area (Å²) in [6, 6.07) is 6.34. The lowest BCUT2D eigenvalue weighted by Gasteiger charge is -2.09. The van der Waals surface area contributed by atoms with Crippen molar-refractivity contribution < 1.29 is 4.79 Å². The van der Waals surface area contributed by atoms with Crippen molar-refractivity contribution in [1.82, 2.24) is 4.98 Å². The van der Waals surface area contributed by atoms with E-state index in [0.29, 0.717) is 38.7 Å². The molecule has 2 N–H and O–H groups in total. The van der Waals surface area contributed by atoms with Crippen LogP contribution in [0.15, 0.2) is 30.5 Å². The van der Waals surface area contributed by atoms with Gasteiger partial charge in [0.05, 0.1) is 10.6 Å². The summed E-state index contributed by atoms with van der Waals surface area (Å²) in [5.41, 5.74) is 0.849. The van der Waals surface area contributed by atoms with E-state index in [-0.39, 0.29) is 5.91 Å². The Hall–Kier alpha value is -1.49. The molecule has 1 aromatic carbocycles. The van der Waals surface area contributed by atoms with Gasteiger partial charge in [-0.2, -0.15) is 0 Å². The van der Waals surface area contributed by atoms with Gasteiger partial charge in [-0.1, -0.05) is 34.8 Å². The third-order valence-corrected chi connectivity index (χ3v) is 3.29. The van der Waals surface area contributed by atoms with Crippen molar-refractivity contribution in [2.45, 2.75) is 6.92 Å². The number of pyridine rings is 1. The molecule has 0 saturated carbocycles. The quantitative estimate of drug-likeness (QED) is 0.843. The molecule has 21 heavy (non-hydrogen) atoms. The van der Waals surface area contributed by atoms with Gasteiger partial charge in [0, 0.05) is 28.5 Å². The first-order valence-corrected chi connectivity index (χ1v) is 7.30. The maximum absolute atomic E-state index is 12.1. The highest BCUT2D eigenvalue weighted by Gasteiger charge is 2.10. The van der Waals surface area contributed by atoms with E-state index in [4.69, 9.17) is 34.8 Å². The summed E-state index contributed by atoms with van der Waals surface area (Å²) >= 11 is 17.8. The smallest absolute Gasteiger partial charge is 0.257 e. The molecule has 0 atom stereocenters. The van der Waals surface area contributed by atoms with Crippen LogP contribution in [0.4, 0.5) is 11.5 Å². The van der Waals surface area contributed by atoms with Gasteiger partial charge in [-0.15, -0.1) is 0 Å². The zero-order valence-corrected chi connectivity index (χ0v) is 13.4. The summed E-state index contributed by atoms with van der Waals surface area (Å²) in [5.74, 6) is 0.201. The minimum absolute atomic E-state index is 0.342. The van der Waals surface area contributed by atoms with Crippen LogP contribution in [0.3, 0.4) is 0 Å². The molecule has 7 heteroatoms. The van der Waals surface area contributed by atoms with Crippen molar-refractivity contribution in [3.05, 3.63) is 51.1 Å². The summed E-state index contributed by atoms with van der Waals surface area (Å²) in [7, 11) is 0. The van der Waals surface area contributed by atoms with Gasteiger partial charge < -0.3 is 10.6 Å². The average Bonchev–Trinajstić information content (AvgIpc) is 2.40. The molecule has 0 saturated heterocycles. The molecule has 1 heterocycles. The molecular formula is C14H12Cl3N3O. The molecule has 110 valence electrons. The van der Waals surface area contributed by atoms with Gasteiger partial charge >= 0.3 is 0 Å². The Balaban J connectivity index is 2.18. The highest BCUT2D eigenvalue weighted by molar-refractivity contribution is 6.35. The van der Waals surface area contributed by atoms with Crippen molar-refractivity contribution in [3.63, 3.8) is 0 Å². The Morgan fingerprint density at radius 1 is 1.14 bits per heavy atom. The SMILES string of the molecule is CCNc1ncc(C(=O)Nc2cc(Cl)cc(Cl)c2)cc1Cl. The maximum Gasteiger partial charge on any atom is 0.257 e. The number of nitrogens with one attached hydrogen (secondary N) is 2. The summed E-state index contributed by atoms with van der Waals surface area (Å²) in [6.45, 7) is 2.63. The van der Waals surface area contributed by atoms with E-state index in [9.17, 15) is 4.79 Å². The van der Waals surface area contributed by atoms with Crippen molar-refractivity contribution in [2.24, 2.45) is 0 Å². The van der Waals surface area contributed by atoms with Gasteiger partial charge in [0.2, 0.25) is 0 Å². The minimum atomic E-state index is -0.342. The van der Waals surface area contributed by atoms with E-state index >= 15 is 0 Å². The Bertz CT molecular complexity index is 656. The lowest BCUT2D eigenvalue weighted by atomic mass is 10.2. The maximum atomic E-state index is 12.1. The lowest BCUT2D eigenvalue weighted by Crippen LogP contribution is -2.13. The Morgan fingerprint density at radius 3 is 2.38 bits per heavy atom. The molecule has 1 amide bonds. The van der Waals surface area contributed by atoms with Gasteiger partial charge in [-0.25, -0.2) is 4.98 Å². The van der Waals surface area contributed by atoms with Gasteiger partial charge in [0.25, 0.3) is 5.91 Å². The monoisotopic (exact) mass is 343 g/mol. The number of anilines is 2. The molecule has 4 nitrogen and oxygen atoms in total. The van der Waals surface area contributed by atoms with E-state index in [1.807, 2.05) is 6.92 Å². The van der Waals surface area contributed by atoms with Crippen molar-refractivity contribution in [2.75, 3.05) is 17.2 Å². The molecule has 0 unspecified atom stereocenters. The molecule has 0 radical (unpaired) electrons. The largest absolute Gasteiger partial charge is 0.369 e. The fraction of sp³-hybridized carbons (Fsp3) is 0.143. The van der Waals surface area contributed by atoms with E-state index < -0.39 is 0 Å². The second-order valence-corrected chi connectivity index (χ2v) is 5.48. The van der Waals surface area contributed by atoms with Crippen LogP contribution in [-0.4, -0.2) is 17.4 Å². The minimum Gasteiger partial charge on any atom is -0.369 e. The molecule has 1 aromatic heterocycles. The first-order chi connectivity index (χ1) is 9.99. The molecular weight excluding hydrogens is 333 g/mol. The number of hydrogen-bond acceptors (Lipinski definition) is 3. The number of carbonyl (C=O) groups excluding carboxylic acids is 1. The number of rotatable bonds is 4. The third kappa shape index (κ3) is 4.24. The van der Waals surface area contributed by atoms with Gasteiger partial charge in [-0.3, -0.25) is 4.79 Å². The number of aromatic nitrogens is 1. The van der Waals surface area contributed by atoms with Gasteiger partial charge in [0.15, 0.2) is 0 Å². The van der Waals surface area contributed by atoms with Crippen LogP contribution >= 0.6 is 34.8 Å². The number of amides is 1. The van der Waals surface area contributed by atoms with Crippen molar-refractivity contribution in [3.8, 4) is 0 Å². The van der Waals surface area contributed by atoms with Crippen LogP contribution in [0.25, 0.3) is 0 Å². The zero-order chi connectivity index (χ0) is 15.4. The van der Waals surface area contributed by atoms with E-state index in [1.165, 1.54) is 6.20 Å². The summed E-state index contributed by atoms with van der Waals surface area (Å²) < 4.78 is 0. The lowest BCUT2D eigenvalue weighted by molar-refractivity contribution is 0.102. The predicted octanol–water partition coefficient (Wildman–Crippen LogP) is 4.73. The molecule has 0 aliphatic rings. The van der Waals surface area contributed by atoms with E-state index in [2.05, 4.69) is 15.6 Å². The van der Waals surface area contributed by atoms with Crippen LogP contribution in [0.1, 0.15) is 17.3 Å². The number of carbonyl (C=O) groups is 1. The van der Waals surface area contributed by atoms with Crippen LogP contribution < -0.4 is 10.6 Å². The summed E-state index contributed by atoms with van der Waals surface area (Å²) in [5, 5.41) is 6.95. The Morgan fingerprint density at radius 2 is 1.81 bits per heavy atom. The second-order valence-electron chi connectivity index (χ2n) is 4.20. The van der Waals surface area contributed by atoms with Crippen LogP contribution in [0, 0.1) is 0 Å². The molecule has 2 aromatic rings. The van der Waals surface area contributed by atoms with Crippen molar-refractivity contribution in [1.29, 1.82) is 0 Å². The molecule has 0 spiro atoms. The highest BCUT2D eigenvalue weighted by Crippen LogP contribution is 2.24. The Kier molecular flexibility index (Phi) is 5.28. The highest BCUT2D eigenvalue weighted by atomic mass is 35.5. The fourth-order valence-electron chi connectivity index (χ4n) is 1.69. The molecule has 0 fully saturated rings. The zero-order valence-electron chi connectivity index (χ0n) is 11.1. The fourth-order valence-corrected chi connectivity index (χ4v) is 2.45. The first kappa shape index (κ1) is 15.9. The summed E-state index contributed by atoms with van der Waals surface area (Å²) in [6.07, 6.45) is 1.45. The standard InChI is InChI=1S/C14H12Cl3N3O/c1-2-18-13-12(17)3-8(7-19-13)14(21)20-11-5-9(15)4-10(16)6-11/h3-7H,2H2,1H3,(H,18,19)(H,20,21). The van der Waals surface area contributed by atoms with Crippen LogP contribution in [0.2, 0.25) is 15.1 Å². The Labute approximate surface area is 137 Å². The first-order valence-electron chi connectivity index (χ1n) is 6.16. The second kappa shape index (κ2) is 6.98. The van der Waals surface area contributed by atoms with Crippen LogP contribution in [-0.2, 0) is 0 Å². The summed E-state index contributed by atoms with van der Waals surface area (Å²) in [4.78, 5) is 16.3. The van der Waals surface area contributed by atoms with Gasteiger partial charge in [-0.05, 0) is 31.2 Å². The molecule has 2 rings (SSSR count). The third-order valence-electron chi connectivity index (χ3n) is 2.57. The predicted molar refractivity (Wildman–Crippen MR) is 87.8 cm³/mol. The normalized spacial score (nSPS) is 10.3. The number of halogens is 3. The van der Waals surface area contributed by atoms with Crippen LogP contribution in [0.5, 0.6) is 0 Å². The number of nitrogens with zero attached hydrogens (tertiary/aromatic N) is 1. The van der Waals surface area contributed by atoms with Crippen molar-refractivity contribution >= 4 is 52.2 Å². The van der Waals surface area contributed by atoms with Gasteiger partial charge in [0.1, 0.15) is 5.82 Å².